The molecule has 1 aromatic heterocycles. The molecule has 1 aliphatic rings. The third-order valence-electron chi connectivity index (χ3n) is 4.05. The zero-order valence-electron chi connectivity index (χ0n) is 12.8. The maximum atomic E-state index is 11.7. The Hall–Kier alpha value is -1.70. The van der Waals surface area contributed by atoms with Crippen molar-refractivity contribution in [2.45, 2.75) is 19.0 Å². The van der Waals surface area contributed by atoms with E-state index in [9.17, 15) is 13.5 Å². The van der Waals surface area contributed by atoms with Crippen LogP contribution < -0.4 is 0 Å². The van der Waals surface area contributed by atoms with E-state index in [0.29, 0.717) is 25.4 Å². The van der Waals surface area contributed by atoms with Crippen LogP contribution in [0.25, 0.3) is 11.5 Å². The van der Waals surface area contributed by atoms with E-state index < -0.39 is 9.84 Å². The summed E-state index contributed by atoms with van der Waals surface area (Å²) in [5.74, 6) is 0.910. The Morgan fingerprint density at radius 3 is 2.74 bits per heavy atom. The average molecular weight is 336 g/mol. The summed E-state index contributed by atoms with van der Waals surface area (Å²) in [6.07, 6.45) is 2.20. The van der Waals surface area contributed by atoms with Gasteiger partial charge in [0.25, 0.3) is 0 Å². The van der Waals surface area contributed by atoms with Crippen molar-refractivity contribution in [3.05, 3.63) is 42.3 Å². The summed E-state index contributed by atoms with van der Waals surface area (Å²) in [6, 6.07) is 9.54. The fourth-order valence-corrected chi connectivity index (χ4v) is 4.65. The Labute approximate surface area is 135 Å². The van der Waals surface area contributed by atoms with Gasteiger partial charge in [-0.3, -0.25) is 4.90 Å². The quantitative estimate of drug-likeness (QED) is 0.857. The van der Waals surface area contributed by atoms with E-state index in [1.54, 1.807) is 6.26 Å². The molecule has 1 atom stereocenters. The SMILES string of the molecule is O=S1(=O)CCC(N(CCO)Cc2coc(-c3ccccc3)n2)C1. The maximum absolute atomic E-state index is 11.7. The van der Waals surface area contributed by atoms with E-state index in [4.69, 9.17) is 4.42 Å². The normalized spacial score (nSPS) is 20.2. The first kappa shape index (κ1) is 16.2. The lowest BCUT2D eigenvalue weighted by molar-refractivity contribution is 0.152. The van der Waals surface area contributed by atoms with Crippen LogP contribution in [-0.2, 0) is 16.4 Å². The number of aromatic nitrogens is 1. The lowest BCUT2D eigenvalue weighted by Crippen LogP contribution is -2.37. The number of nitrogens with zero attached hydrogens (tertiary/aromatic N) is 2. The molecule has 1 aliphatic heterocycles. The molecule has 0 bridgehead atoms. The number of aliphatic hydroxyl groups excluding tert-OH is 1. The summed E-state index contributed by atoms with van der Waals surface area (Å²) in [6.45, 7) is 0.880. The van der Waals surface area contributed by atoms with E-state index in [0.717, 1.165) is 11.3 Å². The molecule has 0 aliphatic carbocycles. The highest BCUT2D eigenvalue weighted by Gasteiger charge is 2.32. The number of rotatable bonds is 6. The standard InChI is InChI=1S/C16H20N2O4S/c19-8-7-18(15-6-9-23(20,21)12-15)10-14-11-22-16(17-14)13-4-2-1-3-5-13/h1-5,11,15,19H,6-10,12H2. The molecule has 0 saturated carbocycles. The first-order valence-corrected chi connectivity index (χ1v) is 9.45. The van der Waals surface area contributed by atoms with Gasteiger partial charge in [0.15, 0.2) is 9.84 Å². The highest BCUT2D eigenvalue weighted by atomic mass is 32.2. The summed E-state index contributed by atoms with van der Waals surface area (Å²) in [7, 11) is -2.96. The predicted molar refractivity (Wildman–Crippen MR) is 86.5 cm³/mol. The van der Waals surface area contributed by atoms with Crippen molar-refractivity contribution < 1.29 is 17.9 Å². The second kappa shape index (κ2) is 6.82. The zero-order chi connectivity index (χ0) is 16.3. The number of oxazole rings is 1. The molecule has 1 unspecified atom stereocenters. The zero-order valence-corrected chi connectivity index (χ0v) is 13.6. The van der Waals surface area contributed by atoms with Crippen molar-refractivity contribution in [1.29, 1.82) is 0 Å². The second-order valence-corrected chi connectivity index (χ2v) is 7.99. The minimum Gasteiger partial charge on any atom is -0.444 e. The summed E-state index contributed by atoms with van der Waals surface area (Å²) < 4.78 is 28.9. The topological polar surface area (TPSA) is 83.6 Å². The minimum absolute atomic E-state index is 0.0139. The average Bonchev–Trinajstić information content (AvgIpc) is 3.14. The van der Waals surface area contributed by atoms with Crippen molar-refractivity contribution in [2.75, 3.05) is 24.7 Å². The molecule has 2 aromatic rings. The van der Waals surface area contributed by atoms with E-state index in [-0.39, 0.29) is 24.2 Å². The van der Waals surface area contributed by atoms with Gasteiger partial charge in [-0.2, -0.15) is 0 Å². The fraction of sp³-hybridized carbons (Fsp3) is 0.438. The lowest BCUT2D eigenvalue weighted by atomic mass is 10.2. The van der Waals surface area contributed by atoms with Gasteiger partial charge in [-0.05, 0) is 18.6 Å². The molecule has 6 nitrogen and oxygen atoms in total. The molecule has 7 heteroatoms. The van der Waals surface area contributed by atoms with Crippen LogP contribution >= 0.6 is 0 Å². The number of hydrogen-bond acceptors (Lipinski definition) is 6. The van der Waals surface area contributed by atoms with E-state index in [1.807, 2.05) is 35.2 Å². The van der Waals surface area contributed by atoms with Crippen LogP contribution in [0.15, 0.2) is 41.0 Å². The molecule has 3 rings (SSSR count). The van der Waals surface area contributed by atoms with Gasteiger partial charge in [0.1, 0.15) is 6.26 Å². The molecule has 23 heavy (non-hydrogen) atoms. The van der Waals surface area contributed by atoms with Gasteiger partial charge in [-0.1, -0.05) is 18.2 Å². The number of hydrogen-bond donors (Lipinski definition) is 1. The maximum Gasteiger partial charge on any atom is 0.226 e. The van der Waals surface area contributed by atoms with Gasteiger partial charge in [0.2, 0.25) is 5.89 Å². The Morgan fingerprint density at radius 2 is 2.09 bits per heavy atom. The molecule has 1 fully saturated rings. The highest BCUT2D eigenvalue weighted by Crippen LogP contribution is 2.22. The van der Waals surface area contributed by atoms with Crippen molar-refractivity contribution in [3.8, 4) is 11.5 Å². The van der Waals surface area contributed by atoms with E-state index >= 15 is 0 Å². The molecule has 0 radical (unpaired) electrons. The lowest BCUT2D eigenvalue weighted by Gasteiger charge is -2.26. The molecular formula is C16H20N2O4S. The second-order valence-electron chi connectivity index (χ2n) is 5.76. The fourth-order valence-electron chi connectivity index (χ4n) is 2.88. The molecule has 2 heterocycles. The summed E-state index contributed by atoms with van der Waals surface area (Å²) >= 11 is 0. The van der Waals surface area contributed by atoms with E-state index in [1.165, 1.54) is 0 Å². The predicted octanol–water partition coefficient (Wildman–Crippen LogP) is 1.32. The Kier molecular flexibility index (Phi) is 4.79. The Balaban J connectivity index is 1.72. The molecule has 1 N–H and O–H groups in total. The Bertz CT molecular complexity index is 742. The largest absolute Gasteiger partial charge is 0.444 e. The number of benzene rings is 1. The van der Waals surface area contributed by atoms with Gasteiger partial charge in [0.05, 0.1) is 23.8 Å². The van der Waals surface area contributed by atoms with Gasteiger partial charge in [-0.15, -0.1) is 0 Å². The van der Waals surface area contributed by atoms with Gasteiger partial charge in [-0.25, -0.2) is 13.4 Å². The van der Waals surface area contributed by atoms with Gasteiger partial charge < -0.3 is 9.52 Å². The van der Waals surface area contributed by atoms with Gasteiger partial charge in [0, 0.05) is 24.7 Å². The first-order valence-electron chi connectivity index (χ1n) is 7.62. The Morgan fingerprint density at radius 1 is 1.30 bits per heavy atom. The number of sulfone groups is 1. The molecule has 0 amide bonds. The first-order chi connectivity index (χ1) is 11.1. The molecule has 0 spiro atoms. The highest BCUT2D eigenvalue weighted by molar-refractivity contribution is 7.91. The van der Waals surface area contributed by atoms with Crippen LogP contribution in [0.3, 0.4) is 0 Å². The summed E-state index contributed by atoms with van der Waals surface area (Å²) in [4.78, 5) is 6.44. The van der Waals surface area contributed by atoms with Crippen LogP contribution in [0.2, 0.25) is 0 Å². The van der Waals surface area contributed by atoms with E-state index in [2.05, 4.69) is 4.98 Å². The summed E-state index contributed by atoms with van der Waals surface area (Å²) in [5, 5.41) is 9.25. The van der Waals surface area contributed by atoms with Gasteiger partial charge >= 0.3 is 0 Å². The van der Waals surface area contributed by atoms with Crippen molar-refractivity contribution >= 4 is 9.84 Å². The molecule has 124 valence electrons. The number of aliphatic hydroxyl groups is 1. The van der Waals surface area contributed by atoms with Crippen molar-refractivity contribution in [1.82, 2.24) is 9.88 Å². The van der Waals surface area contributed by atoms with Crippen LogP contribution in [0, 0.1) is 0 Å². The van der Waals surface area contributed by atoms with Crippen LogP contribution in [-0.4, -0.2) is 54.1 Å². The molecule has 1 aromatic carbocycles. The van der Waals surface area contributed by atoms with Crippen LogP contribution in [0.1, 0.15) is 12.1 Å². The smallest absolute Gasteiger partial charge is 0.226 e. The summed E-state index contributed by atoms with van der Waals surface area (Å²) in [5.41, 5.74) is 1.64. The van der Waals surface area contributed by atoms with Crippen LogP contribution in [0.5, 0.6) is 0 Å². The molecule has 1 saturated heterocycles. The third kappa shape index (κ3) is 3.99. The third-order valence-corrected chi connectivity index (χ3v) is 5.80. The van der Waals surface area contributed by atoms with Crippen LogP contribution in [0.4, 0.5) is 0 Å². The van der Waals surface area contributed by atoms with Crippen molar-refractivity contribution in [3.63, 3.8) is 0 Å². The molecular weight excluding hydrogens is 316 g/mol. The monoisotopic (exact) mass is 336 g/mol. The minimum atomic E-state index is -2.96. The van der Waals surface area contributed by atoms with Crippen molar-refractivity contribution in [2.24, 2.45) is 0 Å².